The van der Waals surface area contributed by atoms with E-state index in [9.17, 15) is 9.90 Å². The lowest BCUT2D eigenvalue weighted by atomic mass is 9.90. The molecule has 2 rings (SSSR count). The number of nitrogens with zero attached hydrogens (tertiary/aromatic N) is 2. The van der Waals surface area contributed by atoms with Crippen LogP contribution >= 0.6 is 0 Å². The maximum atomic E-state index is 12.6. The molecule has 0 aromatic rings. The molecule has 2 fully saturated rings. The molecule has 1 amide bonds. The summed E-state index contributed by atoms with van der Waals surface area (Å²) in [6, 6.07) is 0.0181. The van der Waals surface area contributed by atoms with Gasteiger partial charge in [-0.15, -0.1) is 0 Å². The average molecular weight is 297 g/mol. The van der Waals surface area contributed by atoms with E-state index in [1.165, 1.54) is 12.8 Å². The van der Waals surface area contributed by atoms with Gasteiger partial charge in [0.05, 0.1) is 11.6 Å². The number of rotatable bonds is 4. The van der Waals surface area contributed by atoms with Crippen LogP contribution in [0.5, 0.6) is 0 Å². The number of piperazine rings is 1. The van der Waals surface area contributed by atoms with Crippen LogP contribution in [0.15, 0.2) is 0 Å². The van der Waals surface area contributed by atoms with Gasteiger partial charge in [0, 0.05) is 32.7 Å². The van der Waals surface area contributed by atoms with Crippen molar-refractivity contribution >= 4 is 5.91 Å². The van der Waals surface area contributed by atoms with Crippen molar-refractivity contribution in [3.63, 3.8) is 0 Å². The number of piperidine rings is 1. The lowest BCUT2D eigenvalue weighted by Gasteiger charge is -2.39. The minimum atomic E-state index is -0.661. The third kappa shape index (κ3) is 4.94. The molecule has 2 heterocycles. The van der Waals surface area contributed by atoms with E-state index in [2.05, 4.69) is 17.1 Å². The normalized spacial score (nSPS) is 28.7. The minimum Gasteiger partial charge on any atom is -0.389 e. The van der Waals surface area contributed by atoms with Crippen molar-refractivity contribution in [3.8, 4) is 0 Å². The van der Waals surface area contributed by atoms with E-state index in [4.69, 9.17) is 0 Å². The lowest BCUT2D eigenvalue weighted by molar-refractivity contribution is -0.136. The molecule has 2 aliphatic rings. The summed E-state index contributed by atoms with van der Waals surface area (Å²) in [4.78, 5) is 16.8. The molecule has 2 N–H and O–H groups in total. The van der Waals surface area contributed by atoms with E-state index < -0.39 is 5.60 Å². The molecule has 0 saturated carbocycles. The molecular formula is C16H31N3O2. The molecule has 5 nitrogen and oxygen atoms in total. The summed E-state index contributed by atoms with van der Waals surface area (Å²) in [6.45, 7) is 10.8. The van der Waals surface area contributed by atoms with Gasteiger partial charge in [-0.2, -0.15) is 0 Å². The smallest absolute Gasteiger partial charge is 0.239 e. The number of β-amino-alcohol motifs (C(OH)–C–C–N with tert-alkyl or cyclic N) is 1. The Kier molecular flexibility index (Phi) is 5.63. The summed E-state index contributed by atoms with van der Waals surface area (Å²) < 4.78 is 0. The number of carbonyl (C=O) groups is 1. The van der Waals surface area contributed by atoms with Crippen LogP contribution in [0.3, 0.4) is 0 Å². The number of hydrogen-bond acceptors (Lipinski definition) is 4. The topological polar surface area (TPSA) is 55.8 Å². The van der Waals surface area contributed by atoms with E-state index in [1.54, 1.807) is 0 Å². The standard InChI is InChI=1S/C16H31N3O2/c1-4-13-5-6-17-14(11-13)15(20)19-9-7-18(8-10-19)12-16(2,3)21/h13-14,17,21H,4-12H2,1-3H3. The summed E-state index contributed by atoms with van der Waals surface area (Å²) in [5.74, 6) is 0.965. The van der Waals surface area contributed by atoms with E-state index >= 15 is 0 Å². The molecule has 0 aliphatic carbocycles. The predicted octanol–water partition coefficient (Wildman–Crippen LogP) is 0.680. The van der Waals surface area contributed by atoms with Gasteiger partial charge in [0.1, 0.15) is 0 Å². The summed E-state index contributed by atoms with van der Waals surface area (Å²) in [5, 5.41) is 13.3. The number of aliphatic hydroxyl groups is 1. The molecule has 0 bridgehead atoms. The first-order valence-electron chi connectivity index (χ1n) is 8.36. The number of amides is 1. The van der Waals surface area contributed by atoms with Crippen LogP contribution in [-0.4, -0.2) is 71.7 Å². The highest BCUT2D eigenvalue weighted by Gasteiger charge is 2.31. The highest BCUT2D eigenvalue weighted by molar-refractivity contribution is 5.82. The fraction of sp³-hybridized carbons (Fsp3) is 0.938. The van der Waals surface area contributed by atoms with Crippen LogP contribution in [0.1, 0.15) is 40.0 Å². The van der Waals surface area contributed by atoms with Crippen molar-refractivity contribution in [2.45, 2.75) is 51.7 Å². The fourth-order valence-electron chi connectivity index (χ4n) is 3.45. The molecule has 0 radical (unpaired) electrons. The molecule has 2 atom stereocenters. The zero-order chi connectivity index (χ0) is 15.5. The van der Waals surface area contributed by atoms with Gasteiger partial charge in [-0.05, 0) is 39.2 Å². The third-order valence-corrected chi connectivity index (χ3v) is 4.68. The Hall–Kier alpha value is -0.650. The first-order valence-corrected chi connectivity index (χ1v) is 8.36. The molecule has 5 heteroatoms. The van der Waals surface area contributed by atoms with Crippen molar-refractivity contribution in [2.75, 3.05) is 39.3 Å². The largest absolute Gasteiger partial charge is 0.389 e. The first-order chi connectivity index (χ1) is 9.89. The van der Waals surface area contributed by atoms with Gasteiger partial charge in [-0.1, -0.05) is 13.3 Å². The van der Waals surface area contributed by atoms with Gasteiger partial charge in [0.25, 0.3) is 0 Å². The van der Waals surface area contributed by atoms with Crippen LogP contribution in [0, 0.1) is 5.92 Å². The third-order valence-electron chi connectivity index (χ3n) is 4.68. The fourth-order valence-corrected chi connectivity index (χ4v) is 3.45. The van der Waals surface area contributed by atoms with Crippen LogP contribution in [0.2, 0.25) is 0 Å². The van der Waals surface area contributed by atoms with Crippen molar-refractivity contribution in [3.05, 3.63) is 0 Å². The summed E-state index contributed by atoms with van der Waals surface area (Å²) in [5.41, 5.74) is -0.661. The van der Waals surface area contributed by atoms with Gasteiger partial charge in [0.2, 0.25) is 5.91 Å². The predicted molar refractivity (Wildman–Crippen MR) is 84.1 cm³/mol. The van der Waals surface area contributed by atoms with Gasteiger partial charge in [-0.3, -0.25) is 9.69 Å². The van der Waals surface area contributed by atoms with E-state index in [-0.39, 0.29) is 11.9 Å². The van der Waals surface area contributed by atoms with Crippen LogP contribution in [0.4, 0.5) is 0 Å². The Bertz CT molecular complexity index is 346. The zero-order valence-electron chi connectivity index (χ0n) is 13.8. The number of hydrogen-bond donors (Lipinski definition) is 2. The maximum Gasteiger partial charge on any atom is 0.239 e. The van der Waals surface area contributed by atoms with Crippen LogP contribution in [0.25, 0.3) is 0 Å². The second-order valence-corrected chi connectivity index (χ2v) is 7.22. The van der Waals surface area contributed by atoms with Gasteiger partial charge >= 0.3 is 0 Å². The quantitative estimate of drug-likeness (QED) is 0.801. The van der Waals surface area contributed by atoms with Gasteiger partial charge in [0.15, 0.2) is 0 Å². The second-order valence-electron chi connectivity index (χ2n) is 7.22. The number of carbonyl (C=O) groups excluding carboxylic acids is 1. The molecule has 2 unspecified atom stereocenters. The van der Waals surface area contributed by atoms with Crippen molar-refractivity contribution in [2.24, 2.45) is 5.92 Å². The second kappa shape index (κ2) is 7.07. The minimum absolute atomic E-state index is 0.0181. The maximum absolute atomic E-state index is 12.6. The van der Waals surface area contributed by atoms with E-state index in [0.717, 1.165) is 39.1 Å². The molecule has 122 valence electrons. The van der Waals surface area contributed by atoms with Gasteiger partial charge < -0.3 is 15.3 Å². The molecule has 2 saturated heterocycles. The monoisotopic (exact) mass is 297 g/mol. The highest BCUT2D eigenvalue weighted by Crippen LogP contribution is 2.21. The molecule has 2 aliphatic heterocycles. The lowest BCUT2D eigenvalue weighted by Crippen LogP contribution is -2.57. The Balaban J connectivity index is 1.80. The van der Waals surface area contributed by atoms with E-state index in [1.807, 2.05) is 18.7 Å². The van der Waals surface area contributed by atoms with Crippen LogP contribution < -0.4 is 5.32 Å². The molecule has 21 heavy (non-hydrogen) atoms. The SMILES string of the molecule is CCC1CCNC(C(=O)N2CCN(CC(C)(C)O)CC2)C1. The van der Waals surface area contributed by atoms with Crippen molar-refractivity contribution in [1.29, 1.82) is 0 Å². The van der Waals surface area contributed by atoms with Gasteiger partial charge in [-0.25, -0.2) is 0 Å². The number of nitrogens with one attached hydrogen (secondary N) is 1. The molecular weight excluding hydrogens is 266 g/mol. The van der Waals surface area contributed by atoms with Crippen molar-refractivity contribution in [1.82, 2.24) is 15.1 Å². The van der Waals surface area contributed by atoms with Crippen LogP contribution in [-0.2, 0) is 4.79 Å². The summed E-state index contributed by atoms with van der Waals surface area (Å²) >= 11 is 0. The Morgan fingerprint density at radius 3 is 2.52 bits per heavy atom. The average Bonchev–Trinajstić information content (AvgIpc) is 2.46. The molecule has 0 spiro atoms. The summed E-state index contributed by atoms with van der Waals surface area (Å²) in [6.07, 6.45) is 3.35. The summed E-state index contributed by atoms with van der Waals surface area (Å²) in [7, 11) is 0. The molecule has 0 aromatic carbocycles. The van der Waals surface area contributed by atoms with E-state index in [0.29, 0.717) is 12.5 Å². The Morgan fingerprint density at radius 2 is 1.95 bits per heavy atom. The Labute approximate surface area is 128 Å². The zero-order valence-corrected chi connectivity index (χ0v) is 13.8. The van der Waals surface area contributed by atoms with Crippen molar-refractivity contribution < 1.29 is 9.90 Å². The first kappa shape index (κ1) is 16.7. The highest BCUT2D eigenvalue weighted by atomic mass is 16.3. The molecule has 0 aromatic heterocycles. The Morgan fingerprint density at radius 1 is 1.29 bits per heavy atom.